The fourth-order valence-corrected chi connectivity index (χ4v) is 2.58. The van der Waals surface area contributed by atoms with Crippen LogP contribution in [0.4, 0.5) is 0 Å². The summed E-state index contributed by atoms with van der Waals surface area (Å²) in [7, 11) is 1.46. The SMILES string of the molecule is COC(=O)[C@H]1CCCN(Cc2ncnn2C(C)C)C1. The zero-order chi connectivity index (χ0) is 13.8. The molecule has 1 saturated heterocycles. The van der Waals surface area contributed by atoms with Gasteiger partial charge in [0.05, 0.1) is 19.6 Å². The number of rotatable bonds is 4. The lowest BCUT2D eigenvalue weighted by molar-refractivity contribution is -0.147. The first-order chi connectivity index (χ1) is 9.11. The van der Waals surface area contributed by atoms with Crippen molar-refractivity contribution in [3.05, 3.63) is 12.2 Å². The number of likely N-dealkylation sites (tertiary alicyclic amines) is 1. The van der Waals surface area contributed by atoms with Gasteiger partial charge >= 0.3 is 5.97 Å². The Balaban J connectivity index is 1.99. The van der Waals surface area contributed by atoms with Crippen molar-refractivity contribution in [3.8, 4) is 0 Å². The summed E-state index contributed by atoms with van der Waals surface area (Å²) in [5, 5.41) is 4.24. The molecule has 0 radical (unpaired) electrons. The molecule has 0 aliphatic carbocycles. The van der Waals surface area contributed by atoms with E-state index in [4.69, 9.17) is 4.74 Å². The van der Waals surface area contributed by atoms with E-state index in [1.54, 1.807) is 6.33 Å². The Morgan fingerprint density at radius 1 is 1.58 bits per heavy atom. The maximum Gasteiger partial charge on any atom is 0.309 e. The average molecular weight is 266 g/mol. The number of hydrogen-bond donors (Lipinski definition) is 0. The first-order valence-corrected chi connectivity index (χ1v) is 6.80. The molecule has 0 aromatic carbocycles. The third-order valence-electron chi connectivity index (χ3n) is 3.54. The Labute approximate surface area is 113 Å². The van der Waals surface area contributed by atoms with E-state index < -0.39 is 0 Å². The Morgan fingerprint density at radius 3 is 3.05 bits per heavy atom. The minimum atomic E-state index is -0.102. The number of methoxy groups -OCH3 is 1. The average Bonchev–Trinajstić information content (AvgIpc) is 2.86. The molecule has 1 fully saturated rings. The molecule has 1 aliphatic rings. The van der Waals surface area contributed by atoms with Crippen LogP contribution in [0.3, 0.4) is 0 Å². The van der Waals surface area contributed by atoms with Crippen molar-refractivity contribution in [2.45, 2.75) is 39.3 Å². The van der Waals surface area contributed by atoms with Gasteiger partial charge in [-0.1, -0.05) is 0 Å². The largest absolute Gasteiger partial charge is 0.469 e. The van der Waals surface area contributed by atoms with E-state index in [0.29, 0.717) is 6.04 Å². The summed E-state index contributed by atoms with van der Waals surface area (Å²) in [6, 6.07) is 0.304. The number of aromatic nitrogens is 3. The van der Waals surface area contributed by atoms with E-state index >= 15 is 0 Å². The highest BCUT2D eigenvalue weighted by atomic mass is 16.5. The van der Waals surface area contributed by atoms with Gasteiger partial charge in [0, 0.05) is 12.6 Å². The minimum absolute atomic E-state index is 0.00540. The molecule has 0 N–H and O–H groups in total. The second kappa shape index (κ2) is 6.14. The van der Waals surface area contributed by atoms with Gasteiger partial charge in [-0.15, -0.1) is 0 Å². The number of esters is 1. The molecular weight excluding hydrogens is 244 g/mol. The molecule has 6 nitrogen and oxygen atoms in total. The number of carbonyl (C=O) groups is 1. The van der Waals surface area contributed by atoms with Crippen LogP contribution in [0.15, 0.2) is 6.33 Å². The van der Waals surface area contributed by atoms with Gasteiger partial charge in [0.1, 0.15) is 12.2 Å². The highest BCUT2D eigenvalue weighted by molar-refractivity contribution is 5.72. The number of piperidine rings is 1. The molecule has 0 bridgehead atoms. The topological polar surface area (TPSA) is 60.2 Å². The number of nitrogens with zero attached hydrogens (tertiary/aromatic N) is 4. The van der Waals surface area contributed by atoms with Crippen LogP contribution in [0.5, 0.6) is 0 Å². The van der Waals surface area contributed by atoms with Gasteiger partial charge in [-0.05, 0) is 33.2 Å². The van der Waals surface area contributed by atoms with Crippen molar-refractivity contribution < 1.29 is 9.53 Å². The summed E-state index contributed by atoms with van der Waals surface area (Å²) >= 11 is 0. The zero-order valence-corrected chi connectivity index (χ0v) is 11.9. The maximum absolute atomic E-state index is 11.6. The molecule has 0 spiro atoms. The molecule has 1 atom stereocenters. The summed E-state index contributed by atoms with van der Waals surface area (Å²) in [4.78, 5) is 18.2. The van der Waals surface area contributed by atoms with Crippen LogP contribution in [0.25, 0.3) is 0 Å². The molecule has 0 unspecified atom stereocenters. The summed E-state index contributed by atoms with van der Waals surface area (Å²) in [5.74, 6) is 0.852. The van der Waals surface area contributed by atoms with Crippen LogP contribution in [-0.4, -0.2) is 45.8 Å². The first kappa shape index (κ1) is 14.0. The lowest BCUT2D eigenvalue weighted by Crippen LogP contribution is -2.39. The zero-order valence-electron chi connectivity index (χ0n) is 11.9. The Morgan fingerprint density at radius 2 is 2.37 bits per heavy atom. The van der Waals surface area contributed by atoms with Gasteiger partial charge in [-0.3, -0.25) is 9.69 Å². The van der Waals surface area contributed by atoms with Crippen LogP contribution in [0.2, 0.25) is 0 Å². The highest BCUT2D eigenvalue weighted by Gasteiger charge is 2.27. The fraction of sp³-hybridized carbons (Fsp3) is 0.769. The van der Waals surface area contributed by atoms with E-state index in [1.807, 2.05) is 4.68 Å². The van der Waals surface area contributed by atoms with Gasteiger partial charge in [-0.2, -0.15) is 5.10 Å². The van der Waals surface area contributed by atoms with Gasteiger partial charge in [-0.25, -0.2) is 9.67 Å². The third-order valence-corrected chi connectivity index (χ3v) is 3.54. The molecule has 2 rings (SSSR count). The summed E-state index contributed by atoms with van der Waals surface area (Å²) < 4.78 is 6.77. The lowest BCUT2D eigenvalue weighted by Gasteiger charge is -2.31. The number of hydrogen-bond acceptors (Lipinski definition) is 5. The Kier molecular flexibility index (Phi) is 4.52. The maximum atomic E-state index is 11.6. The van der Waals surface area contributed by atoms with Crippen molar-refractivity contribution in [2.75, 3.05) is 20.2 Å². The first-order valence-electron chi connectivity index (χ1n) is 6.80. The van der Waals surface area contributed by atoms with E-state index in [9.17, 15) is 4.79 Å². The Bertz CT molecular complexity index is 430. The standard InChI is InChI=1S/C13H22N4O2/c1-10(2)17-12(14-9-15-17)8-16-6-4-5-11(7-16)13(18)19-3/h9-11H,4-8H2,1-3H3/t11-/m0/s1. The van der Waals surface area contributed by atoms with E-state index in [1.165, 1.54) is 7.11 Å². The number of carbonyl (C=O) groups excluding carboxylic acids is 1. The van der Waals surface area contributed by atoms with Gasteiger partial charge < -0.3 is 4.74 Å². The van der Waals surface area contributed by atoms with Crippen molar-refractivity contribution in [1.29, 1.82) is 0 Å². The van der Waals surface area contributed by atoms with Crippen LogP contribution >= 0.6 is 0 Å². The van der Waals surface area contributed by atoms with Crippen LogP contribution in [0.1, 0.15) is 38.6 Å². The predicted molar refractivity (Wildman–Crippen MR) is 70.4 cm³/mol. The normalized spacial score (nSPS) is 20.7. The molecule has 19 heavy (non-hydrogen) atoms. The molecular formula is C13H22N4O2. The second-order valence-corrected chi connectivity index (χ2v) is 5.31. The van der Waals surface area contributed by atoms with Gasteiger partial charge in [0.15, 0.2) is 0 Å². The lowest BCUT2D eigenvalue weighted by atomic mass is 9.98. The molecule has 6 heteroatoms. The predicted octanol–water partition coefficient (Wildman–Crippen LogP) is 1.24. The van der Waals surface area contributed by atoms with Crippen LogP contribution in [0, 0.1) is 5.92 Å². The van der Waals surface area contributed by atoms with Crippen molar-refractivity contribution in [2.24, 2.45) is 5.92 Å². The van der Waals surface area contributed by atoms with Crippen LogP contribution < -0.4 is 0 Å². The Hall–Kier alpha value is -1.43. The number of ether oxygens (including phenoxy) is 1. The smallest absolute Gasteiger partial charge is 0.309 e. The molecule has 0 amide bonds. The summed E-state index contributed by atoms with van der Waals surface area (Å²) in [5.41, 5.74) is 0. The molecule has 1 aromatic rings. The van der Waals surface area contributed by atoms with Gasteiger partial charge in [0.25, 0.3) is 0 Å². The monoisotopic (exact) mass is 266 g/mol. The van der Waals surface area contributed by atoms with Crippen molar-refractivity contribution >= 4 is 5.97 Å². The van der Waals surface area contributed by atoms with Gasteiger partial charge in [0.2, 0.25) is 0 Å². The highest BCUT2D eigenvalue weighted by Crippen LogP contribution is 2.19. The van der Waals surface area contributed by atoms with E-state index in [0.717, 1.165) is 38.3 Å². The molecule has 1 aromatic heterocycles. The fourth-order valence-electron chi connectivity index (χ4n) is 2.58. The quantitative estimate of drug-likeness (QED) is 0.767. The third kappa shape index (κ3) is 3.32. The summed E-state index contributed by atoms with van der Waals surface area (Å²) in [6.45, 7) is 6.67. The van der Waals surface area contributed by atoms with Crippen molar-refractivity contribution in [1.82, 2.24) is 19.7 Å². The molecule has 106 valence electrons. The molecule has 2 heterocycles. The van der Waals surface area contributed by atoms with Crippen molar-refractivity contribution in [3.63, 3.8) is 0 Å². The van der Waals surface area contributed by atoms with Crippen LogP contribution in [-0.2, 0) is 16.1 Å². The van der Waals surface area contributed by atoms with E-state index in [2.05, 4.69) is 28.8 Å². The second-order valence-electron chi connectivity index (χ2n) is 5.31. The van der Waals surface area contributed by atoms with E-state index in [-0.39, 0.29) is 11.9 Å². The summed E-state index contributed by atoms with van der Waals surface area (Å²) in [6.07, 6.45) is 3.53. The minimum Gasteiger partial charge on any atom is -0.469 e. The molecule has 0 saturated carbocycles. The molecule has 1 aliphatic heterocycles.